The number of allylic oxidation sites excluding steroid dienone is 2. The Balaban J connectivity index is 2.07. The van der Waals surface area contributed by atoms with E-state index in [2.05, 4.69) is 6.08 Å². The Labute approximate surface area is 67.2 Å². The summed E-state index contributed by atoms with van der Waals surface area (Å²) in [5.74, 6) is 1.85. The van der Waals surface area contributed by atoms with Crippen LogP contribution < -0.4 is 0 Å². The molecule has 11 heavy (non-hydrogen) atoms. The summed E-state index contributed by atoms with van der Waals surface area (Å²) in [7, 11) is 0. The molecule has 0 aromatic heterocycles. The van der Waals surface area contributed by atoms with Crippen LogP contribution in [0.15, 0.2) is 11.8 Å². The first kappa shape index (κ1) is 7.17. The monoisotopic (exact) mass is 154 g/mol. The number of fused-ring (bicyclic) bond motifs is 1. The van der Waals surface area contributed by atoms with Crippen LogP contribution in [0.4, 0.5) is 0 Å². The molecule has 0 amide bonds. The number of hydrogen-bond acceptors (Lipinski definition) is 2. The van der Waals surface area contributed by atoms with Crippen molar-refractivity contribution in [2.75, 3.05) is 13.4 Å². The third-order valence-electron chi connectivity index (χ3n) is 2.42. The van der Waals surface area contributed by atoms with Gasteiger partial charge in [-0.3, -0.25) is 0 Å². The molecule has 1 fully saturated rings. The van der Waals surface area contributed by atoms with Crippen molar-refractivity contribution >= 4 is 0 Å². The summed E-state index contributed by atoms with van der Waals surface area (Å²) >= 11 is 0. The van der Waals surface area contributed by atoms with Crippen molar-refractivity contribution in [2.24, 2.45) is 5.92 Å². The molecule has 0 bridgehead atoms. The van der Waals surface area contributed by atoms with Crippen molar-refractivity contribution in [1.82, 2.24) is 0 Å². The maximum absolute atomic E-state index is 5.45. The average molecular weight is 154 g/mol. The molecule has 0 spiro atoms. The zero-order chi connectivity index (χ0) is 7.52. The molecule has 0 saturated carbocycles. The van der Waals surface area contributed by atoms with E-state index < -0.39 is 0 Å². The minimum Gasteiger partial charge on any atom is -0.472 e. The van der Waals surface area contributed by atoms with Crippen molar-refractivity contribution in [2.45, 2.75) is 25.7 Å². The molecular formula is C9H14O2. The van der Waals surface area contributed by atoms with Crippen LogP contribution in [-0.2, 0) is 9.47 Å². The lowest BCUT2D eigenvalue weighted by Gasteiger charge is -2.20. The van der Waals surface area contributed by atoms with E-state index >= 15 is 0 Å². The van der Waals surface area contributed by atoms with Crippen molar-refractivity contribution < 1.29 is 9.47 Å². The molecule has 1 unspecified atom stereocenters. The fourth-order valence-corrected chi connectivity index (χ4v) is 1.78. The van der Waals surface area contributed by atoms with E-state index in [1.165, 1.54) is 25.0 Å². The Morgan fingerprint density at radius 1 is 1.36 bits per heavy atom. The molecule has 1 saturated heterocycles. The van der Waals surface area contributed by atoms with Gasteiger partial charge in [0.1, 0.15) is 0 Å². The van der Waals surface area contributed by atoms with Gasteiger partial charge in [0, 0.05) is 5.92 Å². The lowest BCUT2D eigenvalue weighted by molar-refractivity contribution is -0.00844. The smallest absolute Gasteiger partial charge is 0.188 e. The molecule has 2 heteroatoms. The highest BCUT2D eigenvalue weighted by atomic mass is 16.7. The van der Waals surface area contributed by atoms with Crippen molar-refractivity contribution in [3.8, 4) is 0 Å². The molecule has 62 valence electrons. The highest BCUT2D eigenvalue weighted by Gasteiger charge is 2.20. The largest absolute Gasteiger partial charge is 0.472 e. The minimum absolute atomic E-state index is 0.461. The molecule has 0 aromatic carbocycles. The molecule has 0 aromatic rings. The van der Waals surface area contributed by atoms with Crippen LogP contribution in [0.3, 0.4) is 0 Å². The lowest BCUT2D eigenvalue weighted by atomic mass is 9.91. The standard InChI is InChI=1S/C9H14O2/c1-2-4-9-8(3-1)5-6-10-7-11-9/h4,8H,1-3,5-7H2. The van der Waals surface area contributed by atoms with Crippen LogP contribution in [-0.4, -0.2) is 13.4 Å². The van der Waals surface area contributed by atoms with Crippen molar-refractivity contribution in [1.29, 1.82) is 0 Å². The highest BCUT2D eigenvalue weighted by molar-refractivity contribution is 5.02. The summed E-state index contributed by atoms with van der Waals surface area (Å²) in [6.45, 7) is 1.32. The normalized spacial score (nSPS) is 31.3. The molecule has 1 aliphatic heterocycles. The van der Waals surface area contributed by atoms with Gasteiger partial charge in [0.05, 0.1) is 12.4 Å². The van der Waals surface area contributed by atoms with Gasteiger partial charge in [0.25, 0.3) is 0 Å². The van der Waals surface area contributed by atoms with E-state index in [9.17, 15) is 0 Å². The molecular weight excluding hydrogens is 140 g/mol. The summed E-state index contributed by atoms with van der Waals surface area (Å²) < 4.78 is 10.7. The zero-order valence-electron chi connectivity index (χ0n) is 6.71. The first-order valence-electron chi connectivity index (χ1n) is 4.37. The molecule has 1 heterocycles. The Morgan fingerprint density at radius 3 is 3.36 bits per heavy atom. The Hall–Kier alpha value is -0.500. The highest BCUT2D eigenvalue weighted by Crippen LogP contribution is 2.29. The van der Waals surface area contributed by atoms with Crippen LogP contribution in [0.25, 0.3) is 0 Å². The summed E-state index contributed by atoms with van der Waals surface area (Å²) in [6, 6.07) is 0. The molecule has 0 N–H and O–H groups in total. The van der Waals surface area contributed by atoms with Gasteiger partial charge in [-0.15, -0.1) is 0 Å². The van der Waals surface area contributed by atoms with Crippen molar-refractivity contribution in [3.63, 3.8) is 0 Å². The molecule has 0 radical (unpaired) electrons. The van der Waals surface area contributed by atoms with Crippen LogP contribution in [0.1, 0.15) is 25.7 Å². The fraction of sp³-hybridized carbons (Fsp3) is 0.778. The summed E-state index contributed by atoms with van der Waals surface area (Å²) in [4.78, 5) is 0. The third kappa shape index (κ3) is 1.56. The topological polar surface area (TPSA) is 18.5 Å². The zero-order valence-corrected chi connectivity index (χ0v) is 6.71. The van der Waals surface area contributed by atoms with E-state index in [4.69, 9.17) is 9.47 Å². The maximum Gasteiger partial charge on any atom is 0.188 e. The second-order valence-electron chi connectivity index (χ2n) is 3.19. The molecule has 2 aliphatic rings. The van der Waals surface area contributed by atoms with Crippen LogP contribution >= 0.6 is 0 Å². The summed E-state index contributed by atoms with van der Waals surface area (Å²) in [6.07, 6.45) is 7.16. The second-order valence-corrected chi connectivity index (χ2v) is 3.19. The van der Waals surface area contributed by atoms with Gasteiger partial charge in [-0.1, -0.05) is 0 Å². The third-order valence-corrected chi connectivity index (χ3v) is 2.42. The average Bonchev–Trinajstić information content (AvgIpc) is 2.28. The number of hydrogen-bond donors (Lipinski definition) is 0. The van der Waals surface area contributed by atoms with E-state index in [1.54, 1.807) is 0 Å². The Morgan fingerprint density at radius 2 is 2.36 bits per heavy atom. The summed E-state index contributed by atoms with van der Waals surface area (Å²) in [5.41, 5.74) is 0. The Bertz CT molecular complexity index is 163. The van der Waals surface area contributed by atoms with E-state index in [-0.39, 0.29) is 0 Å². The first-order valence-corrected chi connectivity index (χ1v) is 4.37. The van der Waals surface area contributed by atoms with Gasteiger partial charge >= 0.3 is 0 Å². The van der Waals surface area contributed by atoms with Crippen LogP contribution in [0, 0.1) is 5.92 Å². The van der Waals surface area contributed by atoms with Gasteiger partial charge in [0.15, 0.2) is 6.79 Å². The van der Waals surface area contributed by atoms with Crippen LogP contribution in [0.5, 0.6) is 0 Å². The molecule has 1 aliphatic carbocycles. The van der Waals surface area contributed by atoms with Crippen LogP contribution in [0.2, 0.25) is 0 Å². The quantitative estimate of drug-likeness (QED) is 0.531. The minimum atomic E-state index is 0.461. The predicted octanol–water partition coefficient (Wildman–Crippen LogP) is 2.06. The van der Waals surface area contributed by atoms with Gasteiger partial charge in [-0.05, 0) is 31.8 Å². The van der Waals surface area contributed by atoms with E-state index in [0.29, 0.717) is 12.7 Å². The SMILES string of the molecule is C1=C2OCOCCC2CCC1. The number of rotatable bonds is 0. The van der Waals surface area contributed by atoms with Crippen molar-refractivity contribution in [3.05, 3.63) is 11.8 Å². The van der Waals surface area contributed by atoms with Gasteiger partial charge < -0.3 is 9.47 Å². The number of ether oxygens (including phenoxy) is 2. The molecule has 2 nitrogen and oxygen atoms in total. The predicted molar refractivity (Wildman–Crippen MR) is 41.9 cm³/mol. The van der Waals surface area contributed by atoms with E-state index in [0.717, 1.165) is 13.0 Å². The fourth-order valence-electron chi connectivity index (χ4n) is 1.78. The Kier molecular flexibility index (Phi) is 2.13. The summed E-state index contributed by atoms with van der Waals surface area (Å²) in [5, 5.41) is 0. The van der Waals surface area contributed by atoms with Gasteiger partial charge in [-0.2, -0.15) is 0 Å². The molecule has 2 rings (SSSR count). The second kappa shape index (κ2) is 3.26. The lowest BCUT2D eigenvalue weighted by Crippen LogP contribution is -2.09. The first-order chi connectivity index (χ1) is 5.47. The van der Waals surface area contributed by atoms with Gasteiger partial charge in [-0.25, -0.2) is 0 Å². The van der Waals surface area contributed by atoms with E-state index in [1.807, 2.05) is 0 Å². The molecule has 1 atom stereocenters. The van der Waals surface area contributed by atoms with Gasteiger partial charge in [0.2, 0.25) is 0 Å². The maximum atomic E-state index is 5.45.